The Morgan fingerprint density at radius 2 is 1.35 bits per heavy atom. The molecule has 2 aromatic rings. The summed E-state index contributed by atoms with van der Waals surface area (Å²) in [6.07, 6.45) is 21.2. The molecule has 0 spiro atoms. The van der Waals surface area contributed by atoms with Crippen LogP contribution < -0.4 is 15.5 Å². The van der Waals surface area contributed by atoms with Crippen molar-refractivity contribution in [2.75, 3.05) is 35.7 Å². The van der Waals surface area contributed by atoms with E-state index in [0.717, 1.165) is 25.1 Å². The molecule has 0 saturated heterocycles. The molecular weight excluding hydrogens is 562 g/mol. The lowest BCUT2D eigenvalue weighted by atomic mass is 10.0. The van der Waals surface area contributed by atoms with Crippen molar-refractivity contribution >= 4 is 33.1 Å². The number of amides is 1. The van der Waals surface area contributed by atoms with Crippen LogP contribution in [0.2, 0.25) is 0 Å². The predicted molar refractivity (Wildman–Crippen MR) is 179 cm³/mol. The molecule has 4 N–H and O–H groups in total. The van der Waals surface area contributed by atoms with Crippen LogP contribution in [0.25, 0.3) is 0 Å². The Morgan fingerprint density at radius 1 is 0.791 bits per heavy atom. The van der Waals surface area contributed by atoms with E-state index in [1.54, 1.807) is 36.4 Å². The van der Waals surface area contributed by atoms with E-state index in [4.69, 9.17) is 0 Å². The Hall–Kier alpha value is -2.78. The molecule has 0 radical (unpaired) electrons. The van der Waals surface area contributed by atoms with E-state index in [1.165, 1.54) is 96.0 Å². The first kappa shape index (κ1) is 36.4. The van der Waals surface area contributed by atoms with Crippen LogP contribution in [0.5, 0.6) is 5.75 Å². The zero-order valence-corrected chi connectivity index (χ0v) is 27.3. The number of rotatable bonds is 24. The maximum atomic E-state index is 12.6. The summed E-state index contributed by atoms with van der Waals surface area (Å²) < 4.78 is 33.6. The van der Waals surface area contributed by atoms with Gasteiger partial charge < -0.3 is 20.6 Å². The van der Waals surface area contributed by atoms with E-state index in [2.05, 4.69) is 17.6 Å². The van der Waals surface area contributed by atoms with Gasteiger partial charge in [-0.2, -0.15) is 8.42 Å². The summed E-state index contributed by atoms with van der Waals surface area (Å²) in [7, 11) is -2.57. The number of nitrogens with one attached hydrogen (secondary N) is 2. The number of nitrogens with zero attached hydrogens (tertiary/aromatic N) is 1. The van der Waals surface area contributed by atoms with Crippen LogP contribution >= 0.6 is 0 Å². The van der Waals surface area contributed by atoms with Crippen molar-refractivity contribution in [1.29, 1.82) is 0 Å². The third kappa shape index (κ3) is 16.0. The second-order valence-corrected chi connectivity index (χ2v) is 13.0. The highest BCUT2D eigenvalue weighted by Gasteiger charge is 2.18. The lowest BCUT2D eigenvalue weighted by Crippen LogP contribution is -2.21. The van der Waals surface area contributed by atoms with Gasteiger partial charge in [-0.05, 0) is 36.8 Å². The molecule has 0 aliphatic heterocycles. The monoisotopic (exact) mass is 617 g/mol. The van der Waals surface area contributed by atoms with Crippen LogP contribution in [-0.2, 0) is 14.9 Å². The molecule has 2 aromatic carbocycles. The number of anilines is 3. The molecule has 242 valence electrons. The molecule has 0 saturated carbocycles. The summed E-state index contributed by atoms with van der Waals surface area (Å²) in [5.74, 6) is -0.275. The maximum Gasteiger partial charge on any atom is 0.296 e. The van der Waals surface area contributed by atoms with E-state index >= 15 is 0 Å². The number of phenols is 1. The highest BCUT2D eigenvalue weighted by atomic mass is 32.2. The number of carbonyl (C=O) groups excluding carboxylic acids is 1. The van der Waals surface area contributed by atoms with E-state index < -0.39 is 16.0 Å². The molecular formula is C34H55N3O5S. The van der Waals surface area contributed by atoms with Crippen molar-refractivity contribution in [2.45, 2.75) is 121 Å². The van der Waals surface area contributed by atoms with Crippen molar-refractivity contribution in [3.05, 3.63) is 42.5 Å². The fourth-order valence-corrected chi connectivity index (χ4v) is 5.88. The number of carbonyl (C=O) groups is 1. The molecule has 43 heavy (non-hydrogen) atoms. The first-order valence-electron chi connectivity index (χ1n) is 16.4. The Kier molecular flexibility index (Phi) is 17.8. The van der Waals surface area contributed by atoms with Crippen LogP contribution in [0.1, 0.15) is 116 Å². The zero-order valence-electron chi connectivity index (χ0n) is 26.5. The SMILES string of the molecule is CCCCCCCCCCCCCCCCCCN(C)c1ccc(S(=O)(=O)O)c(NC(=O)CCNc2cccc(O)c2)c1. The number of hydrogen-bond acceptors (Lipinski definition) is 6. The summed E-state index contributed by atoms with van der Waals surface area (Å²) in [6, 6.07) is 11.1. The van der Waals surface area contributed by atoms with E-state index in [0.29, 0.717) is 5.69 Å². The molecule has 2 rings (SSSR count). The van der Waals surface area contributed by atoms with Crippen LogP contribution in [0.4, 0.5) is 17.1 Å². The Balaban J connectivity index is 1.66. The Bertz CT molecular complexity index is 1170. The van der Waals surface area contributed by atoms with Gasteiger partial charge in [0.2, 0.25) is 5.91 Å². The van der Waals surface area contributed by atoms with Crippen LogP contribution in [-0.4, -0.2) is 44.1 Å². The number of aromatic hydroxyl groups is 1. The average Bonchev–Trinajstić information content (AvgIpc) is 2.96. The number of benzene rings is 2. The van der Waals surface area contributed by atoms with Gasteiger partial charge in [-0.1, -0.05) is 109 Å². The van der Waals surface area contributed by atoms with Gasteiger partial charge in [0.1, 0.15) is 10.6 Å². The molecule has 0 aliphatic rings. The van der Waals surface area contributed by atoms with Gasteiger partial charge in [-0.3, -0.25) is 9.35 Å². The molecule has 9 heteroatoms. The van der Waals surface area contributed by atoms with Gasteiger partial charge >= 0.3 is 0 Å². The molecule has 0 bridgehead atoms. The quantitative estimate of drug-likeness (QED) is 0.0687. The Labute approximate surface area is 260 Å². The predicted octanol–water partition coefficient (Wildman–Crippen LogP) is 8.78. The minimum Gasteiger partial charge on any atom is -0.508 e. The lowest BCUT2D eigenvalue weighted by Gasteiger charge is -2.21. The van der Waals surface area contributed by atoms with Crippen molar-refractivity contribution < 1.29 is 22.9 Å². The standard InChI is InChI=1S/C34H55N3O5S/c1-3-4-5-6-7-8-9-10-11-12-13-14-15-16-17-18-26-37(2)30-22-23-33(43(40,41)42)32(28-30)36-34(39)24-25-35-29-20-19-21-31(38)27-29/h19-23,27-28,35,38H,3-18,24-26H2,1-2H3,(H,36,39)(H,40,41,42). The molecule has 0 aromatic heterocycles. The summed E-state index contributed by atoms with van der Waals surface area (Å²) in [6.45, 7) is 3.36. The molecule has 0 fully saturated rings. The topological polar surface area (TPSA) is 119 Å². The summed E-state index contributed by atoms with van der Waals surface area (Å²) in [4.78, 5) is 14.3. The van der Waals surface area contributed by atoms with E-state index in [9.17, 15) is 22.9 Å². The van der Waals surface area contributed by atoms with Gasteiger partial charge in [0.05, 0.1) is 5.69 Å². The summed E-state index contributed by atoms with van der Waals surface area (Å²) >= 11 is 0. The number of unbranched alkanes of at least 4 members (excludes halogenated alkanes) is 15. The first-order valence-corrected chi connectivity index (χ1v) is 17.8. The van der Waals surface area contributed by atoms with Gasteiger partial charge in [0.15, 0.2) is 0 Å². The lowest BCUT2D eigenvalue weighted by molar-refractivity contribution is -0.116. The molecule has 8 nitrogen and oxygen atoms in total. The van der Waals surface area contributed by atoms with E-state index in [-0.39, 0.29) is 29.3 Å². The van der Waals surface area contributed by atoms with Crippen molar-refractivity contribution in [1.82, 2.24) is 0 Å². The van der Waals surface area contributed by atoms with Crippen molar-refractivity contribution in [2.24, 2.45) is 0 Å². The molecule has 1 amide bonds. The second-order valence-electron chi connectivity index (χ2n) is 11.7. The van der Waals surface area contributed by atoms with Gasteiger partial charge in [-0.25, -0.2) is 0 Å². The molecule has 0 unspecified atom stereocenters. The molecule has 0 atom stereocenters. The van der Waals surface area contributed by atoms with Crippen LogP contribution in [0, 0.1) is 0 Å². The summed E-state index contributed by atoms with van der Waals surface area (Å²) in [5.41, 5.74) is 1.49. The zero-order chi connectivity index (χ0) is 31.3. The fraction of sp³-hybridized carbons (Fsp3) is 0.618. The van der Waals surface area contributed by atoms with Gasteiger partial charge in [0, 0.05) is 44.0 Å². The molecule has 0 heterocycles. The minimum absolute atomic E-state index is 0.0566. The third-order valence-electron chi connectivity index (χ3n) is 7.83. The summed E-state index contributed by atoms with van der Waals surface area (Å²) in [5, 5.41) is 15.2. The van der Waals surface area contributed by atoms with Gasteiger partial charge in [0.25, 0.3) is 10.1 Å². The number of phenolic OH excluding ortho intramolecular Hbond substituents is 1. The first-order chi connectivity index (χ1) is 20.7. The normalized spacial score (nSPS) is 11.4. The largest absolute Gasteiger partial charge is 0.508 e. The van der Waals surface area contributed by atoms with Crippen molar-refractivity contribution in [3.63, 3.8) is 0 Å². The second kappa shape index (κ2) is 21.0. The van der Waals surface area contributed by atoms with Gasteiger partial charge in [-0.15, -0.1) is 0 Å². The maximum absolute atomic E-state index is 12.6. The minimum atomic E-state index is -4.51. The average molecular weight is 618 g/mol. The smallest absolute Gasteiger partial charge is 0.296 e. The van der Waals surface area contributed by atoms with Crippen LogP contribution in [0.3, 0.4) is 0 Å². The highest BCUT2D eigenvalue weighted by molar-refractivity contribution is 7.86. The Morgan fingerprint density at radius 3 is 1.88 bits per heavy atom. The van der Waals surface area contributed by atoms with E-state index in [1.807, 2.05) is 11.9 Å². The van der Waals surface area contributed by atoms with Crippen molar-refractivity contribution in [3.8, 4) is 5.75 Å². The highest BCUT2D eigenvalue weighted by Crippen LogP contribution is 2.27. The van der Waals surface area contributed by atoms with Crippen LogP contribution in [0.15, 0.2) is 47.4 Å². The number of hydrogen-bond donors (Lipinski definition) is 4. The third-order valence-corrected chi connectivity index (χ3v) is 8.74. The molecule has 0 aliphatic carbocycles. The fourth-order valence-electron chi connectivity index (χ4n) is 5.25.